The van der Waals surface area contributed by atoms with Gasteiger partial charge < -0.3 is 10.1 Å². The first-order valence-corrected chi connectivity index (χ1v) is 9.32. The van der Waals surface area contributed by atoms with Crippen LogP contribution in [-0.2, 0) is 16.6 Å². The van der Waals surface area contributed by atoms with E-state index >= 15 is 0 Å². The van der Waals surface area contributed by atoms with E-state index in [1.165, 1.54) is 24.3 Å². The van der Waals surface area contributed by atoms with Crippen molar-refractivity contribution in [3.63, 3.8) is 0 Å². The molecule has 1 amide bonds. The zero-order valence-electron chi connectivity index (χ0n) is 14.2. The summed E-state index contributed by atoms with van der Waals surface area (Å²) in [6, 6.07) is 14.8. The largest absolute Gasteiger partial charge is 0.497 e. The fraction of sp³-hybridized carbons (Fsp3) is 0.222. The lowest BCUT2D eigenvalue weighted by Gasteiger charge is -2.08. The second-order valence-corrected chi connectivity index (χ2v) is 7.13. The summed E-state index contributed by atoms with van der Waals surface area (Å²) in [5.41, 5.74) is 1.27. The minimum atomic E-state index is -3.68. The van der Waals surface area contributed by atoms with Crippen molar-refractivity contribution in [2.45, 2.75) is 17.9 Å². The maximum atomic E-state index is 12.2. The van der Waals surface area contributed by atoms with E-state index in [9.17, 15) is 13.2 Å². The number of rotatable bonds is 8. The zero-order valence-corrected chi connectivity index (χ0v) is 15.0. The Morgan fingerprint density at radius 3 is 2.35 bits per heavy atom. The maximum Gasteiger partial charge on any atom is 0.251 e. The van der Waals surface area contributed by atoms with Gasteiger partial charge in [0.1, 0.15) is 5.75 Å². The van der Waals surface area contributed by atoms with Crippen molar-refractivity contribution in [2.75, 3.05) is 13.7 Å². The molecule has 0 aliphatic carbocycles. The predicted octanol–water partition coefficient (Wildman–Crippen LogP) is 1.82. The molecule has 0 aliphatic rings. The summed E-state index contributed by atoms with van der Waals surface area (Å²) >= 11 is 0. The summed E-state index contributed by atoms with van der Waals surface area (Å²) in [6.45, 7) is 0.390. The van der Waals surface area contributed by atoms with Gasteiger partial charge in [-0.3, -0.25) is 4.79 Å². The molecule has 7 nitrogen and oxygen atoms in total. The topological polar surface area (TPSA) is 108 Å². The summed E-state index contributed by atoms with van der Waals surface area (Å²) in [4.78, 5) is 12.2. The third-order valence-corrected chi connectivity index (χ3v) is 5.04. The number of ether oxygens (including phenoxy) is 1. The van der Waals surface area contributed by atoms with Gasteiger partial charge >= 0.3 is 0 Å². The number of amides is 1. The molecular formula is C18H19N3O4S. The van der Waals surface area contributed by atoms with Crippen LogP contribution in [0.4, 0.5) is 0 Å². The molecule has 0 aliphatic heterocycles. The Bertz CT molecular complexity index is 886. The smallest absolute Gasteiger partial charge is 0.251 e. The van der Waals surface area contributed by atoms with Gasteiger partial charge in [-0.15, -0.1) is 0 Å². The molecule has 2 N–H and O–H groups in total. The molecule has 0 saturated carbocycles. The number of nitriles is 1. The van der Waals surface area contributed by atoms with Crippen LogP contribution in [0.1, 0.15) is 22.3 Å². The number of sulfonamides is 1. The molecule has 136 valence electrons. The third-order valence-electron chi connectivity index (χ3n) is 3.57. The Morgan fingerprint density at radius 2 is 1.77 bits per heavy atom. The minimum absolute atomic E-state index is 0.0437. The van der Waals surface area contributed by atoms with Crippen molar-refractivity contribution in [3.05, 3.63) is 59.7 Å². The Morgan fingerprint density at radius 1 is 1.12 bits per heavy atom. The minimum Gasteiger partial charge on any atom is -0.497 e. The van der Waals surface area contributed by atoms with Crippen LogP contribution < -0.4 is 14.8 Å². The van der Waals surface area contributed by atoms with Gasteiger partial charge in [0.2, 0.25) is 10.0 Å². The first-order chi connectivity index (χ1) is 12.5. The lowest BCUT2D eigenvalue weighted by atomic mass is 10.2. The molecule has 0 spiro atoms. The van der Waals surface area contributed by atoms with Crippen molar-refractivity contribution >= 4 is 15.9 Å². The van der Waals surface area contributed by atoms with Crippen molar-refractivity contribution in [1.82, 2.24) is 10.0 Å². The van der Waals surface area contributed by atoms with Crippen LogP contribution in [0.2, 0.25) is 0 Å². The molecule has 0 heterocycles. The van der Waals surface area contributed by atoms with Crippen LogP contribution in [0.25, 0.3) is 0 Å². The SMILES string of the molecule is COc1ccc(CNC(=O)c2ccc(S(=O)(=O)NCCC#N)cc2)cc1. The number of benzene rings is 2. The predicted molar refractivity (Wildman–Crippen MR) is 96.0 cm³/mol. The molecule has 0 bridgehead atoms. The van der Waals surface area contributed by atoms with Gasteiger partial charge in [0.15, 0.2) is 0 Å². The highest BCUT2D eigenvalue weighted by Crippen LogP contribution is 2.12. The normalized spacial score (nSPS) is 10.8. The van der Waals surface area contributed by atoms with Gasteiger partial charge in [0, 0.05) is 25.1 Å². The van der Waals surface area contributed by atoms with Crippen molar-refractivity contribution in [1.29, 1.82) is 5.26 Å². The van der Waals surface area contributed by atoms with Crippen molar-refractivity contribution in [2.24, 2.45) is 0 Å². The first-order valence-electron chi connectivity index (χ1n) is 7.84. The molecule has 2 aromatic carbocycles. The molecule has 0 unspecified atom stereocenters. The number of carbonyl (C=O) groups is 1. The molecule has 0 atom stereocenters. The summed E-state index contributed by atoms with van der Waals surface area (Å²) in [5.74, 6) is 0.433. The Balaban J connectivity index is 1.96. The second-order valence-electron chi connectivity index (χ2n) is 5.36. The number of nitrogens with one attached hydrogen (secondary N) is 2. The Hall–Kier alpha value is -2.89. The third kappa shape index (κ3) is 5.31. The van der Waals surface area contributed by atoms with E-state index in [0.29, 0.717) is 12.1 Å². The lowest BCUT2D eigenvalue weighted by Crippen LogP contribution is -2.25. The molecule has 2 aromatic rings. The fourth-order valence-corrected chi connectivity index (χ4v) is 3.17. The summed E-state index contributed by atoms with van der Waals surface area (Å²) < 4.78 is 31.4. The summed E-state index contributed by atoms with van der Waals surface area (Å²) in [5, 5.41) is 11.2. The van der Waals surface area contributed by atoms with Crippen LogP contribution >= 0.6 is 0 Å². The second kappa shape index (κ2) is 8.99. The number of hydrogen-bond acceptors (Lipinski definition) is 5. The van der Waals surface area contributed by atoms with E-state index in [0.717, 1.165) is 11.3 Å². The van der Waals surface area contributed by atoms with E-state index < -0.39 is 10.0 Å². The van der Waals surface area contributed by atoms with Crippen LogP contribution in [0.15, 0.2) is 53.4 Å². The van der Waals surface area contributed by atoms with E-state index in [1.54, 1.807) is 19.2 Å². The van der Waals surface area contributed by atoms with Crippen molar-refractivity contribution < 1.29 is 17.9 Å². The molecule has 2 rings (SSSR count). The van der Waals surface area contributed by atoms with Gasteiger partial charge in [0.05, 0.1) is 18.1 Å². The molecule has 0 radical (unpaired) electrons. The monoisotopic (exact) mass is 373 g/mol. The molecule has 8 heteroatoms. The Labute approximate surface area is 152 Å². The highest BCUT2D eigenvalue weighted by Gasteiger charge is 2.14. The van der Waals surface area contributed by atoms with Gasteiger partial charge in [-0.25, -0.2) is 13.1 Å². The quantitative estimate of drug-likeness (QED) is 0.686. The van der Waals surface area contributed by atoms with E-state index in [1.807, 2.05) is 18.2 Å². The number of carbonyl (C=O) groups excluding carboxylic acids is 1. The highest BCUT2D eigenvalue weighted by atomic mass is 32.2. The Kier molecular flexibility index (Phi) is 6.72. The van der Waals surface area contributed by atoms with Gasteiger partial charge in [-0.1, -0.05) is 12.1 Å². The van der Waals surface area contributed by atoms with Crippen molar-refractivity contribution in [3.8, 4) is 11.8 Å². The van der Waals surface area contributed by atoms with Gasteiger partial charge in [-0.05, 0) is 42.0 Å². The fourth-order valence-electron chi connectivity index (χ4n) is 2.14. The lowest BCUT2D eigenvalue weighted by molar-refractivity contribution is 0.0951. The number of hydrogen-bond donors (Lipinski definition) is 2. The van der Waals surface area contributed by atoms with E-state index in [2.05, 4.69) is 10.0 Å². The van der Waals surface area contributed by atoms with E-state index in [-0.39, 0.29) is 23.8 Å². The zero-order chi connectivity index (χ0) is 19.0. The standard InChI is InChI=1S/C18H19N3O4S/c1-25-16-7-3-14(4-8-16)13-20-18(22)15-5-9-17(10-6-15)26(23,24)21-12-2-11-19/h3-10,21H,2,12-13H2,1H3,(H,20,22). The summed E-state index contributed by atoms with van der Waals surface area (Å²) in [7, 11) is -2.10. The molecule has 0 aromatic heterocycles. The van der Waals surface area contributed by atoms with Crippen LogP contribution in [0.3, 0.4) is 0 Å². The average Bonchev–Trinajstić information content (AvgIpc) is 2.66. The van der Waals surface area contributed by atoms with Gasteiger partial charge in [-0.2, -0.15) is 5.26 Å². The molecule has 26 heavy (non-hydrogen) atoms. The number of methoxy groups -OCH3 is 1. The van der Waals surface area contributed by atoms with Gasteiger partial charge in [0.25, 0.3) is 5.91 Å². The molecule has 0 fully saturated rings. The maximum absolute atomic E-state index is 12.2. The van der Waals surface area contributed by atoms with E-state index in [4.69, 9.17) is 10.00 Å². The molecule has 0 saturated heterocycles. The van der Waals surface area contributed by atoms with Crippen LogP contribution in [0, 0.1) is 11.3 Å². The first kappa shape index (κ1) is 19.4. The summed E-state index contributed by atoms with van der Waals surface area (Å²) in [6.07, 6.45) is 0.0884. The number of nitrogens with zero attached hydrogens (tertiary/aromatic N) is 1. The molecular weight excluding hydrogens is 354 g/mol. The van der Waals surface area contributed by atoms with Crippen LogP contribution in [0.5, 0.6) is 5.75 Å². The van der Waals surface area contributed by atoms with Crippen LogP contribution in [-0.4, -0.2) is 28.0 Å². The average molecular weight is 373 g/mol. The highest BCUT2D eigenvalue weighted by molar-refractivity contribution is 7.89.